The largest absolute Gasteiger partial charge is 0.487 e. The van der Waals surface area contributed by atoms with Gasteiger partial charge in [-0.2, -0.15) is 0 Å². The normalized spacial score (nSPS) is 10.5. The third-order valence-electron chi connectivity index (χ3n) is 2.49. The first kappa shape index (κ1) is 11.7. The van der Waals surface area contributed by atoms with E-state index in [9.17, 15) is 0 Å². The SMILES string of the molecule is Cc1ccc(OCc2cc(C)on2)c(CN)c1. The van der Waals surface area contributed by atoms with Crippen molar-refractivity contribution in [3.05, 3.63) is 46.8 Å². The summed E-state index contributed by atoms with van der Waals surface area (Å²) in [4.78, 5) is 0. The summed E-state index contributed by atoms with van der Waals surface area (Å²) in [7, 11) is 0. The Morgan fingerprint density at radius 1 is 1.29 bits per heavy atom. The van der Waals surface area contributed by atoms with Gasteiger partial charge < -0.3 is 15.0 Å². The Morgan fingerprint density at radius 3 is 2.76 bits per heavy atom. The van der Waals surface area contributed by atoms with E-state index in [0.717, 1.165) is 22.8 Å². The monoisotopic (exact) mass is 232 g/mol. The second kappa shape index (κ2) is 5.01. The van der Waals surface area contributed by atoms with Crippen LogP contribution in [0.3, 0.4) is 0 Å². The molecule has 0 aliphatic carbocycles. The van der Waals surface area contributed by atoms with Crippen LogP contribution in [0.25, 0.3) is 0 Å². The molecule has 4 nitrogen and oxygen atoms in total. The lowest BCUT2D eigenvalue weighted by molar-refractivity contribution is 0.285. The number of aromatic nitrogens is 1. The molecule has 17 heavy (non-hydrogen) atoms. The van der Waals surface area contributed by atoms with Crippen LogP contribution in [0.15, 0.2) is 28.8 Å². The molecule has 1 aromatic carbocycles. The quantitative estimate of drug-likeness (QED) is 0.878. The third-order valence-corrected chi connectivity index (χ3v) is 2.49. The van der Waals surface area contributed by atoms with Crippen LogP contribution in [-0.4, -0.2) is 5.16 Å². The number of nitrogens with two attached hydrogens (primary N) is 1. The van der Waals surface area contributed by atoms with Gasteiger partial charge in [-0.25, -0.2) is 0 Å². The fourth-order valence-electron chi connectivity index (χ4n) is 1.65. The molecule has 0 atom stereocenters. The van der Waals surface area contributed by atoms with Gasteiger partial charge in [0.05, 0.1) is 0 Å². The van der Waals surface area contributed by atoms with Crippen molar-refractivity contribution in [2.75, 3.05) is 0 Å². The van der Waals surface area contributed by atoms with Crippen LogP contribution in [0.5, 0.6) is 5.75 Å². The van der Waals surface area contributed by atoms with Crippen molar-refractivity contribution in [2.24, 2.45) is 5.73 Å². The molecular formula is C13H16N2O2. The molecule has 0 unspecified atom stereocenters. The molecule has 1 aromatic heterocycles. The molecule has 4 heteroatoms. The number of hydrogen-bond acceptors (Lipinski definition) is 4. The Bertz CT molecular complexity index is 506. The first-order chi connectivity index (χ1) is 8.19. The number of hydrogen-bond donors (Lipinski definition) is 1. The molecule has 90 valence electrons. The fourth-order valence-corrected chi connectivity index (χ4v) is 1.65. The van der Waals surface area contributed by atoms with Gasteiger partial charge in [0.25, 0.3) is 0 Å². The van der Waals surface area contributed by atoms with E-state index in [0.29, 0.717) is 13.2 Å². The van der Waals surface area contributed by atoms with E-state index < -0.39 is 0 Å². The molecule has 2 aromatic rings. The third kappa shape index (κ3) is 2.85. The number of nitrogens with zero attached hydrogens (tertiary/aromatic N) is 1. The highest BCUT2D eigenvalue weighted by molar-refractivity contribution is 5.36. The Hall–Kier alpha value is -1.81. The highest BCUT2D eigenvalue weighted by Crippen LogP contribution is 2.20. The van der Waals surface area contributed by atoms with E-state index in [1.807, 2.05) is 38.1 Å². The van der Waals surface area contributed by atoms with Crippen molar-refractivity contribution in [1.82, 2.24) is 5.16 Å². The molecule has 2 N–H and O–H groups in total. The molecule has 2 rings (SSSR count). The molecule has 0 spiro atoms. The number of ether oxygens (including phenoxy) is 1. The summed E-state index contributed by atoms with van der Waals surface area (Å²) in [5.41, 5.74) is 8.64. The van der Waals surface area contributed by atoms with Crippen LogP contribution in [0.1, 0.15) is 22.6 Å². The van der Waals surface area contributed by atoms with E-state index in [1.165, 1.54) is 5.56 Å². The molecule has 0 bridgehead atoms. The predicted molar refractivity (Wildman–Crippen MR) is 64.6 cm³/mol. The summed E-state index contributed by atoms with van der Waals surface area (Å²) in [5, 5.41) is 3.87. The van der Waals surface area contributed by atoms with Gasteiger partial charge in [-0.15, -0.1) is 0 Å². The Kier molecular flexibility index (Phi) is 3.44. The smallest absolute Gasteiger partial charge is 0.134 e. The maximum Gasteiger partial charge on any atom is 0.134 e. The highest BCUT2D eigenvalue weighted by atomic mass is 16.5. The van der Waals surface area contributed by atoms with Crippen molar-refractivity contribution in [3.8, 4) is 5.75 Å². The van der Waals surface area contributed by atoms with Gasteiger partial charge in [0.15, 0.2) is 0 Å². The molecule has 0 fully saturated rings. The minimum atomic E-state index is 0.396. The zero-order chi connectivity index (χ0) is 12.3. The van der Waals surface area contributed by atoms with Crippen molar-refractivity contribution < 1.29 is 9.26 Å². The van der Waals surface area contributed by atoms with Crippen molar-refractivity contribution in [3.63, 3.8) is 0 Å². The van der Waals surface area contributed by atoms with Gasteiger partial charge >= 0.3 is 0 Å². The van der Waals surface area contributed by atoms with E-state index in [2.05, 4.69) is 5.16 Å². The van der Waals surface area contributed by atoms with E-state index in [-0.39, 0.29) is 0 Å². The number of rotatable bonds is 4. The molecule has 0 aliphatic heterocycles. The highest BCUT2D eigenvalue weighted by Gasteiger charge is 2.05. The van der Waals surface area contributed by atoms with Gasteiger partial charge in [0.2, 0.25) is 0 Å². The topological polar surface area (TPSA) is 61.3 Å². The van der Waals surface area contributed by atoms with Crippen LogP contribution >= 0.6 is 0 Å². The van der Waals surface area contributed by atoms with Crippen LogP contribution < -0.4 is 10.5 Å². The standard InChI is InChI=1S/C13H16N2O2/c1-9-3-4-13(11(5-9)7-14)16-8-12-6-10(2)17-15-12/h3-6H,7-8,14H2,1-2H3. The molecule has 0 saturated heterocycles. The minimum absolute atomic E-state index is 0.396. The van der Waals surface area contributed by atoms with Gasteiger partial charge in [-0.3, -0.25) is 0 Å². The molecule has 1 heterocycles. The molecule has 0 saturated carbocycles. The predicted octanol–water partition coefficient (Wildman–Crippen LogP) is 2.33. The summed E-state index contributed by atoms with van der Waals surface area (Å²) in [5.74, 6) is 1.59. The maximum absolute atomic E-state index is 5.68. The molecule has 0 radical (unpaired) electrons. The molecule has 0 amide bonds. The maximum atomic E-state index is 5.68. The average Bonchev–Trinajstić information content (AvgIpc) is 2.73. The second-order valence-electron chi connectivity index (χ2n) is 4.03. The van der Waals surface area contributed by atoms with E-state index >= 15 is 0 Å². The second-order valence-corrected chi connectivity index (χ2v) is 4.03. The summed E-state index contributed by atoms with van der Waals surface area (Å²) in [6, 6.07) is 7.83. The van der Waals surface area contributed by atoms with E-state index in [1.54, 1.807) is 0 Å². The molecule has 0 aliphatic rings. The summed E-state index contributed by atoms with van der Waals surface area (Å²) in [6.07, 6.45) is 0. The average molecular weight is 232 g/mol. The van der Waals surface area contributed by atoms with Crippen molar-refractivity contribution in [1.29, 1.82) is 0 Å². The summed E-state index contributed by atoms with van der Waals surface area (Å²) >= 11 is 0. The Balaban J connectivity index is 2.08. The summed E-state index contributed by atoms with van der Waals surface area (Å²) in [6.45, 7) is 4.75. The minimum Gasteiger partial charge on any atom is -0.487 e. The van der Waals surface area contributed by atoms with Crippen LogP contribution in [0.2, 0.25) is 0 Å². The van der Waals surface area contributed by atoms with Crippen molar-refractivity contribution in [2.45, 2.75) is 27.0 Å². The van der Waals surface area contributed by atoms with Gasteiger partial charge in [0.1, 0.15) is 23.8 Å². The lowest BCUT2D eigenvalue weighted by atomic mass is 10.1. The zero-order valence-electron chi connectivity index (χ0n) is 10.1. The fraction of sp³-hybridized carbons (Fsp3) is 0.308. The Morgan fingerprint density at radius 2 is 2.12 bits per heavy atom. The first-order valence-corrected chi connectivity index (χ1v) is 5.53. The van der Waals surface area contributed by atoms with Crippen LogP contribution in [0, 0.1) is 13.8 Å². The Labute approximate surface area is 100 Å². The van der Waals surface area contributed by atoms with E-state index in [4.69, 9.17) is 15.0 Å². The van der Waals surface area contributed by atoms with Crippen molar-refractivity contribution >= 4 is 0 Å². The van der Waals surface area contributed by atoms with Crippen LogP contribution in [0.4, 0.5) is 0 Å². The first-order valence-electron chi connectivity index (χ1n) is 5.53. The lowest BCUT2D eigenvalue weighted by Gasteiger charge is -2.09. The zero-order valence-corrected chi connectivity index (χ0v) is 10.1. The lowest BCUT2D eigenvalue weighted by Crippen LogP contribution is -2.03. The van der Waals surface area contributed by atoms with Gasteiger partial charge in [0, 0.05) is 18.2 Å². The van der Waals surface area contributed by atoms with Crippen LogP contribution in [-0.2, 0) is 13.2 Å². The number of benzene rings is 1. The molecular weight excluding hydrogens is 216 g/mol. The summed E-state index contributed by atoms with van der Waals surface area (Å²) < 4.78 is 10.7. The van der Waals surface area contributed by atoms with Gasteiger partial charge in [-0.05, 0) is 19.9 Å². The number of aryl methyl sites for hydroxylation is 2. The van der Waals surface area contributed by atoms with Gasteiger partial charge in [-0.1, -0.05) is 22.9 Å².